The van der Waals surface area contributed by atoms with Gasteiger partial charge in [-0.1, -0.05) is 59.8 Å². The van der Waals surface area contributed by atoms with Crippen LogP contribution >= 0.6 is 11.8 Å². The molecule has 0 bridgehead atoms. The largest absolute Gasteiger partial charge is 0.497 e. The molecule has 1 aromatic heterocycles. The number of rotatable bonds is 7. The summed E-state index contributed by atoms with van der Waals surface area (Å²) in [6.07, 6.45) is 2.16. The van der Waals surface area contributed by atoms with Gasteiger partial charge in [-0.3, -0.25) is 9.36 Å². The molecule has 0 N–H and O–H groups in total. The van der Waals surface area contributed by atoms with Crippen molar-refractivity contribution in [2.75, 3.05) is 20.2 Å². The number of aromatic nitrogens is 3. The quantitative estimate of drug-likeness (QED) is 0.311. The van der Waals surface area contributed by atoms with Gasteiger partial charge in [0.15, 0.2) is 11.0 Å². The Morgan fingerprint density at radius 1 is 0.943 bits per heavy atom. The highest BCUT2D eigenvalue weighted by Crippen LogP contribution is 2.31. The summed E-state index contributed by atoms with van der Waals surface area (Å²) < 4.78 is 7.42. The van der Waals surface area contributed by atoms with Gasteiger partial charge in [-0.2, -0.15) is 0 Å². The summed E-state index contributed by atoms with van der Waals surface area (Å²) >= 11 is 1.59. The van der Waals surface area contributed by atoms with E-state index >= 15 is 0 Å². The van der Waals surface area contributed by atoms with E-state index in [9.17, 15) is 4.79 Å². The zero-order valence-electron chi connectivity index (χ0n) is 20.0. The number of aryl methyl sites for hydroxylation is 1. The number of benzene rings is 3. The minimum absolute atomic E-state index is 0.121. The van der Waals surface area contributed by atoms with E-state index in [-0.39, 0.29) is 5.91 Å². The maximum Gasteiger partial charge on any atom is 0.254 e. The predicted octanol–water partition coefficient (Wildman–Crippen LogP) is 5.78. The normalized spacial score (nSPS) is 13.3. The minimum atomic E-state index is 0.121. The first kappa shape index (κ1) is 23.2. The lowest BCUT2D eigenvalue weighted by molar-refractivity contribution is 0.0792. The van der Waals surface area contributed by atoms with Gasteiger partial charge in [0.05, 0.1) is 7.11 Å². The van der Waals surface area contributed by atoms with Crippen molar-refractivity contribution in [3.63, 3.8) is 0 Å². The Balaban J connectivity index is 1.48. The molecule has 3 aromatic carbocycles. The molecule has 35 heavy (non-hydrogen) atoms. The third kappa shape index (κ3) is 4.95. The van der Waals surface area contributed by atoms with Gasteiger partial charge in [0, 0.05) is 35.7 Å². The van der Waals surface area contributed by atoms with E-state index in [1.807, 2.05) is 53.4 Å². The number of hydrogen-bond acceptors (Lipinski definition) is 5. The van der Waals surface area contributed by atoms with E-state index in [0.717, 1.165) is 65.0 Å². The number of ether oxygens (including phenoxy) is 1. The van der Waals surface area contributed by atoms with Gasteiger partial charge in [-0.05, 0) is 55.7 Å². The molecule has 1 saturated heterocycles. The van der Waals surface area contributed by atoms with Gasteiger partial charge in [-0.25, -0.2) is 0 Å². The molecule has 4 aromatic rings. The summed E-state index contributed by atoms with van der Waals surface area (Å²) in [6, 6.07) is 24.1. The molecule has 0 saturated carbocycles. The highest BCUT2D eigenvalue weighted by Gasteiger charge is 2.22. The summed E-state index contributed by atoms with van der Waals surface area (Å²) in [5.41, 5.74) is 4.93. The monoisotopic (exact) mass is 484 g/mol. The lowest BCUT2D eigenvalue weighted by atomic mass is 10.1. The fourth-order valence-electron chi connectivity index (χ4n) is 4.30. The first-order valence-electron chi connectivity index (χ1n) is 11.8. The van der Waals surface area contributed by atoms with Crippen molar-refractivity contribution in [3.05, 3.63) is 89.5 Å². The van der Waals surface area contributed by atoms with E-state index < -0.39 is 0 Å². The molecule has 1 amide bonds. The van der Waals surface area contributed by atoms with E-state index in [1.165, 1.54) is 5.56 Å². The summed E-state index contributed by atoms with van der Waals surface area (Å²) in [5.74, 6) is 2.31. The number of thioether (sulfide) groups is 1. The molecule has 6 nitrogen and oxygen atoms in total. The predicted molar refractivity (Wildman–Crippen MR) is 139 cm³/mol. The number of likely N-dealkylation sites (tertiary alicyclic amines) is 1. The van der Waals surface area contributed by atoms with Crippen molar-refractivity contribution in [1.82, 2.24) is 19.7 Å². The maximum atomic E-state index is 13.1. The number of hydrogen-bond donors (Lipinski definition) is 0. The van der Waals surface area contributed by atoms with Crippen LogP contribution in [0.15, 0.2) is 78.0 Å². The van der Waals surface area contributed by atoms with Crippen LogP contribution in [0.25, 0.3) is 17.1 Å². The topological polar surface area (TPSA) is 60.2 Å². The third-order valence-electron chi connectivity index (χ3n) is 6.27. The molecule has 0 atom stereocenters. The molecular weight excluding hydrogens is 456 g/mol. The Labute approximate surface area is 210 Å². The summed E-state index contributed by atoms with van der Waals surface area (Å²) in [7, 11) is 1.66. The lowest BCUT2D eigenvalue weighted by Gasteiger charge is -2.17. The molecular formula is C28H28N4O2S. The zero-order valence-corrected chi connectivity index (χ0v) is 20.8. The maximum absolute atomic E-state index is 13.1. The highest BCUT2D eigenvalue weighted by atomic mass is 32.2. The van der Waals surface area contributed by atoms with Crippen molar-refractivity contribution in [3.8, 4) is 22.8 Å². The van der Waals surface area contributed by atoms with Gasteiger partial charge >= 0.3 is 0 Å². The lowest BCUT2D eigenvalue weighted by Crippen LogP contribution is -2.28. The molecule has 0 aliphatic carbocycles. The van der Waals surface area contributed by atoms with Gasteiger partial charge in [0.1, 0.15) is 5.75 Å². The van der Waals surface area contributed by atoms with E-state index in [4.69, 9.17) is 4.74 Å². The first-order chi connectivity index (χ1) is 17.1. The molecule has 1 aliphatic heterocycles. The second kappa shape index (κ2) is 10.4. The van der Waals surface area contributed by atoms with Crippen LogP contribution in [-0.4, -0.2) is 45.8 Å². The SMILES string of the molecule is COc1ccc(-n2c(SCc3ccccc3C(=O)N3CCCC3)nnc2-c2ccc(C)cc2)cc1. The van der Waals surface area contributed by atoms with Crippen LogP contribution in [0.5, 0.6) is 5.75 Å². The second-order valence-electron chi connectivity index (χ2n) is 8.65. The Morgan fingerprint density at radius 3 is 2.37 bits per heavy atom. The number of methoxy groups -OCH3 is 1. The Hall–Kier alpha value is -3.58. The van der Waals surface area contributed by atoms with Gasteiger partial charge in [0.25, 0.3) is 5.91 Å². The molecule has 0 unspecified atom stereocenters. The van der Waals surface area contributed by atoms with Crippen LogP contribution in [0.1, 0.15) is 34.3 Å². The van der Waals surface area contributed by atoms with Crippen molar-refractivity contribution < 1.29 is 9.53 Å². The van der Waals surface area contributed by atoms with Crippen LogP contribution in [0.4, 0.5) is 0 Å². The van der Waals surface area contributed by atoms with Crippen LogP contribution < -0.4 is 4.74 Å². The number of nitrogens with zero attached hydrogens (tertiary/aromatic N) is 4. The molecule has 7 heteroatoms. The first-order valence-corrected chi connectivity index (χ1v) is 12.8. The Morgan fingerprint density at radius 2 is 1.66 bits per heavy atom. The van der Waals surface area contributed by atoms with Crippen molar-refractivity contribution in [2.45, 2.75) is 30.7 Å². The fraction of sp³-hybridized carbons (Fsp3) is 0.250. The number of carbonyl (C=O) groups is 1. The van der Waals surface area contributed by atoms with Gasteiger partial charge in [0.2, 0.25) is 0 Å². The van der Waals surface area contributed by atoms with E-state index in [1.54, 1.807) is 18.9 Å². The zero-order chi connectivity index (χ0) is 24.2. The van der Waals surface area contributed by atoms with Gasteiger partial charge in [-0.15, -0.1) is 10.2 Å². The van der Waals surface area contributed by atoms with Crippen LogP contribution in [0, 0.1) is 6.92 Å². The summed E-state index contributed by atoms with van der Waals surface area (Å²) in [6.45, 7) is 3.75. The summed E-state index contributed by atoms with van der Waals surface area (Å²) in [5, 5.41) is 9.88. The molecule has 1 aliphatic rings. The molecule has 0 radical (unpaired) electrons. The van der Waals surface area contributed by atoms with Gasteiger partial charge < -0.3 is 9.64 Å². The molecule has 1 fully saturated rings. The van der Waals surface area contributed by atoms with Crippen molar-refractivity contribution in [1.29, 1.82) is 0 Å². The van der Waals surface area contributed by atoms with Crippen LogP contribution in [0.2, 0.25) is 0 Å². The highest BCUT2D eigenvalue weighted by molar-refractivity contribution is 7.98. The molecule has 0 spiro atoms. The van der Waals surface area contributed by atoms with E-state index in [2.05, 4.69) is 46.0 Å². The fourth-order valence-corrected chi connectivity index (χ4v) is 5.26. The van der Waals surface area contributed by atoms with Crippen molar-refractivity contribution in [2.24, 2.45) is 0 Å². The Bertz CT molecular complexity index is 1310. The third-order valence-corrected chi connectivity index (χ3v) is 7.25. The molecule has 5 rings (SSSR count). The average molecular weight is 485 g/mol. The number of carbonyl (C=O) groups excluding carboxylic acids is 1. The second-order valence-corrected chi connectivity index (χ2v) is 9.59. The Kier molecular flexibility index (Phi) is 6.86. The smallest absolute Gasteiger partial charge is 0.254 e. The number of amides is 1. The minimum Gasteiger partial charge on any atom is -0.497 e. The van der Waals surface area contributed by atoms with E-state index in [0.29, 0.717) is 5.75 Å². The van der Waals surface area contributed by atoms with Crippen LogP contribution in [0.3, 0.4) is 0 Å². The molecule has 2 heterocycles. The van der Waals surface area contributed by atoms with Crippen LogP contribution in [-0.2, 0) is 5.75 Å². The molecule has 178 valence electrons. The summed E-state index contributed by atoms with van der Waals surface area (Å²) in [4.78, 5) is 15.1. The average Bonchev–Trinajstić information content (AvgIpc) is 3.58. The standard InChI is InChI=1S/C28H28N4O2S/c1-20-9-11-21(12-10-20)26-29-30-28(32(26)23-13-15-24(34-2)16-14-23)35-19-22-7-3-4-8-25(22)27(33)31-17-5-6-18-31/h3-4,7-16H,5-6,17-19H2,1-2H3. The van der Waals surface area contributed by atoms with Crippen molar-refractivity contribution >= 4 is 17.7 Å².